The number of hydrogen-bond donors (Lipinski definition) is 2. The van der Waals surface area contributed by atoms with Gasteiger partial charge in [0.2, 0.25) is 5.91 Å². The maximum absolute atomic E-state index is 11.9. The first kappa shape index (κ1) is 13.5. The topological polar surface area (TPSA) is 41.1 Å². The summed E-state index contributed by atoms with van der Waals surface area (Å²) < 4.78 is 0. The van der Waals surface area contributed by atoms with Gasteiger partial charge < -0.3 is 10.6 Å². The van der Waals surface area contributed by atoms with E-state index in [1.165, 1.54) is 19.3 Å². The van der Waals surface area contributed by atoms with Crippen LogP contribution in [0, 0.1) is 0 Å². The minimum absolute atomic E-state index is 0.0723. The molecule has 2 N–H and O–H groups in total. The fourth-order valence-corrected chi connectivity index (χ4v) is 2.19. The van der Waals surface area contributed by atoms with E-state index >= 15 is 0 Å². The molecular weight excluding hydrogens is 200 g/mol. The normalized spacial score (nSPS) is 21.4. The van der Waals surface area contributed by atoms with Crippen LogP contribution in [-0.4, -0.2) is 24.0 Å². The maximum Gasteiger partial charge on any atom is 0.237 e. The summed E-state index contributed by atoms with van der Waals surface area (Å²) in [6, 6.07) is 0.756. The second kappa shape index (κ2) is 6.89. The monoisotopic (exact) mass is 226 g/mol. The first-order valence-electron chi connectivity index (χ1n) is 6.70. The van der Waals surface area contributed by atoms with Crippen molar-refractivity contribution in [1.82, 2.24) is 10.6 Å². The molecule has 0 aromatic rings. The number of carbonyl (C=O) groups is 1. The van der Waals surface area contributed by atoms with Gasteiger partial charge in [0.1, 0.15) is 0 Å². The highest BCUT2D eigenvalue weighted by molar-refractivity contribution is 5.81. The Kier molecular flexibility index (Phi) is 5.81. The highest BCUT2D eigenvalue weighted by Gasteiger charge is 2.19. The Bertz CT molecular complexity index is 212. The van der Waals surface area contributed by atoms with Gasteiger partial charge in [0.05, 0.1) is 6.04 Å². The summed E-state index contributed by atoms with van der Waals surface area (Å²) in [7, 11) is 0. The maximum atomic E-state index is 11.9. The van der Waals surface area contributed by atoms with Gasteiger partial charge in [0.25, 0.3) is 0 Å². The van der Waals surface area contributed by atoms with E-state index in [1.54, 1.807) is 0 Å². The molecule has 2 atom stereocenters. The van der Waals surface area contributed by atoms with Gasteiger partial charge in [-0.05, 0) is 33.1 Å². The third kappa shape index (κ3) is 4.52. The molecule has 0 bridgehead atoms. The SMILES string of the molecule is CCC(C)NC(C)C(=O)NC1CCCCC1. The molecule has 1 amide bonds. The quantitative estimate of drug-likeness (QED) is 0.754. The second-order valence-corrected chi connectivity index (χ2v) is 5.04. The number of rotatable bonds is 5. The average molecular weight is 226 g/mol. The lowest BCUT2D eigenvalue weighted by molar-refractivity contribution is -0.123. The van der Waals surface area contributed by atoms with Crippen molar-refractivity contribution >= 4 is 5.91 Å². The summed E-state index contributed by atoms with van der Waals surface area (Å²) in [4.78, 5) is 11.9. The zero-order valence-corrected chi connectivity index (χ0v) is 10.9. The van der Waals surface area contributed by atoms with E-state index in [4.69, 9.17) is 0 Å². The van der Waals surface area contributed by atoms with Crippen molar-refractivity contribution in [2.45, 2.75) is 77.4 Å². The van der Waals surface area contributed by atoms with Crippen molar-refractivity contribution in [3.63, 3.8) is 0 Å². The Morgan fingerprint density at radius 3 is 2.44 bits per heavy atom. The van der Waals surface area contributed by atoms with Gasteiger partial charge in [-0.1, -0.05) is 26.2 Å². The van der Waals surface area contributed by atoms with Gasteiger partial charge in [0.15, 0.2) is 0 Å². The van der Waals surface area contributed by atoms with E-state index in [2.05, 4.69) is 24.5 Å². The van der Waals surface area contributed by atoms with Crippen LogP contribution in [0.15, 0.2) is 0 Å². The highest BCUT2D eigenvalue weighted by atomic mass is 16.2. The van der Waals surface area contributed by atoms with E-state index in [9.17, 15) is 4.79 Å². The summed E-state index contributed by atoms with van der Waals surface area (Å²) in [6.07, 6.45) is 7.22. The minimum Gasteiger partial charge on any atom is -0.352 e. The Morgan fingerprint density at radius 1 is 1.25 bits per heavy atom. The first-order chi connectivity index (χ1) is 7.63. The second-order valence-electron chi connectivity index (χ2n) is 5.04. The molecule has 1 rings (SSSR count). The minimum atomic E-state index is -0.0723. The van der Waals surface area contributed by atoms with Gasteiger partial charge in [-0.25, -0.2) is 0 Å². The van der Waals surface area contributed by atoms with E-state index in [0.717, 1.165) is 19.3 Å². The third-order valence-electron chi connectivity index (χ3n) is 3.49. The Labute approximate surface area is 99.4 Å². The van der Waals surface area contributed by atoms with Crippen LogP contribution in [0.2, 0.25) is 0 Å². The Morgan fingerprint density at radius 2 is 1.88 bits per heavy atom. The van der Waals surface area contributed by atoms with E-state index in [-0.39, 0.29) is 11.9 Å². The van der Waals surface area contributed by atoms with Crippen molar-refractivity contribution in [1.29, 1.82) is 0 Å². The van der Waals surface area contributed by atoms with Crippen LogP contribution in [0.5, 0.6) is 0 Å². The molecule has 16 heavy (non-hydrogen) atoms. The molecule has 1 fully saturated rings. The van der Waals surface area contributed by atoms with Crippen LogP contribution in [0.3, 0.4) is 0 Å². The largest absolute Gasteiger partial charge is 0.352 e. The first-order valence-corrected chi connectivity index (χ1v) is 6.70. The molecule has 3 heteroatoms. The average Bonchev–Trinajstić information content (AvgIpc) is 2.30. The molecule has 0 aromatic carbocycles. The highest BCUT2D eigenvalue weighted by Crippen LogP contribution is 2.17. The van der Waals surface area contributed by atoms with Gasteiger partial charge >= 0.3 is 0 Å². The zero-order chi connectivity index (χ0) is 12.0. The molecule has 1 saturated carbocycles. The molecule has 0 heterocycles. The lowest BCUT2D eigenvalue weighted by atomic mass is 9.95. The van der Waals surface area contributed by atoms with E-state index < -0.39 is 0 Å². The van der Waals surface area contributed by atoms with Crippen LogP contribution >= 0.6 is 0 Å². The summed E-state index contributed by atoms with van der Waals surface area (Å²) in [6.45, 7) is 6.19. The number of nitrogens with one attached hydrogen (secondary N) is 2. The fourth-order valence-electron chi connectivity index (χ4n) is 2.19. The third-order valence-corrected chi connectivity index (χ3v) is 3.49. The van der Waals surface area contributed by atoms with Gasteiger partial charge in [-0.3, -0.25) is 4.79 Å². The van der Waals surface area contributed by atoms with Crippen LogP contribution in [-0.2, 0) is 4.79 Å². The predicted molar refractivity (Wildman–Crippen MR) is 67.4 cm³/mol. The van der Waals surface area contributed by atoms with Gasteiger partial charge in [0, 0.05) is 12.1 Å². The Hall–Kier alpha value is -0.570. The van der Waals surface area contributed by atoms with Crippen molar-refractivity contribution < 1.29 is 4.79 Å². The lowest BCUT2D eigenvalue weighted by Gasteiger charge is -2.25. The number of amides is 1. The van der Waals surface area contributed by atoms with Crippen LogP contribution < -0.4 is 10.6 Å². The summed E-state index contributed by atoms with van der Waals surface area (Å²) >= 11 is 0. The smallest absolute Gasteiger partial charge is 0.237 e. The molecule has 2 unspecified atom stereocenters. The molecule has 3 nitrogen and oxygen atoms in total. The van der Waals surface area contributed by atoms with Gasteiger partial charge in [-0.2, -0.15) is 0 Å². The van der Waals surface area contributed by atoms with E-state index in [1.807, 2.05) is 6.92 Å². The summed E-state index contributed by atoms with van der Waals surface area (Å²) in [5.74, 6) is 0.159. The molecule has 1 aliphatic carbocycles. The zero-order valence-electron chi connectivity index (χ0n) is 10.9. The molecular formula is C13H26N2O. The lowest BCUT2D eigenvalue weighted by Crippen LogP contribution is -2.49. The van der Waals surface area contributed by atoms with Crippen molar-refractivity contribution in [2.75, 3.05) is 0 Å². The molecule has 94 valence electrons. The molecule has 0 spiro atoms. The van der Waals surface area contributed by atoms with Crippen LogP contribution in [0.4, 0.5) is 0 Å². The molecule has 0 aliphatic heterocycles. The van der Waals surface area contributed by atoms with E-state index in [0.29, 0.717) is 12.1 Å². The number of carbonyl (C=O) groups excluding carboxylic acids is 1. The van der Waals surface area contributed by atoms with Crippen LogP contribution in [0.1, 0.15) is 59.3 Å². The standard InChI is InChI=1S/C13H26N2O/c1-4-10(2)14-11(3)13(16)15-12-8-6-5-7-9-12/h10-12,14H,4-9H2,1-3H3,(H,15,16). The Balaban J connectivity index is 2.27. The molecule has 1 aliphatic rings. The van der Waals surface area contributed by atoms with Gasteiger partial charge in [-0.15, -0.1) is 0 Å². The molecule has 0 aromatic heterocycles. The predicted octanol–water partition coefficient (Wildman–Crippen LogP) is 2.21. The van der Waals surface area contributed by atoms with Crippen molar-refractivity contribution in [3.05, 3.63) is 0 Å². The van der Waals surface area contributed by atoms with Crippen molar-refractivity contribution in [3.8, 4) is 0 Å². The fraction of sp³-hybridized carbons (Fsp3) is 0.923. The number of hydrogen-bond acceptors (Lipinski definition) is 2. The molecule has 0 saturated heterocycles. The van der Waals surface area contributed by atoms with Crippen molar-refractivity contribution in [2.24, 2.45) is 0 Å². The van der Waals surface area contributed by atoms with Crippen LogP contribution in [0.25, 0.3) is 0 Å². The summed E-state index contributed by atoms with van der Waals surface area (Å²) in [5.41, 5.74) is 0. The summed E-state index contributed by atoms with van der Waals surface area (Å²) in [5, 5.41) is 6.45. The molecule has 0 radical (unpaired) electrons.